The molecule has 4 nitrogen and oxygen atoms in total. The summed E-state index contributed by atoms with van der Waals surface area (Å²) in [6.45, 7) is 5.63. The van der Waals surface area contributed by atoms with Crippen LogP contribution >= 0.6 is 0 Å². The Morgan fingerprint density at radius 2 is 2.12 bits per heavy atom. The molecular weight excluding hydrogens is 214 g/mol. The van der Waals surface area contributed by atoms with Gasteiger partial charge in [0.25, 0.3) is 0 Å². The van der Waals surface area contributed by atoms with Gasteiger partial charge in [-0.05, 0) is 31.7 Å². The van der Waals surface area contributed by atoms with Gasteiger partial charge >= 0.3 is 0 Å². The molecule has 0 aliphatic carbocycles. The summed E-state index contributed by atoms with van der Waals surface area (Å²) >= 11 is 0. The van der Waals surface area contributed by atoms with E-state index in [0.29, 0.717) is 0 Å². The van der Waals surface area contributed by atoms with Crippen LogP contribution in [-0.2, 0) is 4.74 Å². The van der Waals surface area contributed by atoms with Crippen LogP contribution in [0.3, 0.4) is 0 Å². The summed E-state index contributed by atoms with van der Waals surface area (Å²) in [5, 5.41) is 3.35. The molecule has 4 heteroatoms. The predicted molar refractivity (Wildman–Crippen MR) is 73.5 cm³/mol. The molecule has 0 bridgehead atoms. The summed E-state index contributed by atoms with van der Waals surface area (Å²) in [7, 11) is 3.81. The summed E-state index contributed by atoms with van der Waals surface area (Å²) < 4.78 is 5.03. The van der Waals surface area contributed by atoms with E-state index in [-0.39, 0.29) is 0 Å². The van der Waals surface area contributed by atoms with E-state index < -0.39 is 0 Å². The van der Waals surface area contributed by atoms with Gasteiger partial charge in [0.2, 0.25) is 0 Å². The molecule has 0 heterocycles. The van der Waals surface area contributed by atoms with Crippen LogP contribution in [0.5, 0.6) is 0 Å². The van der Waals surface area contributed by atoms with Crippen molar-refractivity contribution in [2.45, 2.75) is 6.92 Å². The molecule has 0 saturated heterocycles. The molecule has 0 atom stereocenters. The van der Waals surface area contributed by atoms with Gasteiger partial charge in [0.1, 0.15) is 0 Å². The number of nitrogens with zero attached hydrogens (tertiary/aromatic N) is 1. The van der Waals surface area contributed by atoms with Crippen molar-refractivity contribution in [1.29, 1.82) is 0 Å². The first kappa shape index (κ1) is 13.8. The monoisotopic (exact) mass is 237 g/mol. The third-order valence-electron chi connectivity index (χ3n) is 2.69. The molecule has 3 N–H and O–H groups in total. The molecule has 0 amide bonds. The highest BCUT2D eigenvalue weighted by Gasteiger charge is 2.00. The summed E-state index contributed by atoms with van der Waals surface area (Å²) in [5.74, 6) is 0. The van der Waals surface area contributed by atoms with E-state index in [0.717, 1.165) is 37.6 Å². The standard InChI is InChI=1S/C13H23N3O/c1-11-4-5-12(14)13(10-11)15-6-7-16(2)8-9-17-3/h4-5,10,15H,6-9,14H2,1-3H3. The summed E-state index contributed by atoms with van der Waals surface area (Å²) in [5.41, 5.74) is 8.93. The van der Waals surface area contributed by atoms with E-state index in [2.05, 4.69) is 30.3 Å². The van der Waals surface area contributed by atoms with E-state index in [4.69, 9.17) is 10.5 Å². The lowest BCUT2D eigenvalue weighted by molar-refractivity contribution is 0.163. The first-order valence-electron chi connectivity index (χ1n) is 5.91. The van der Waals surface area contributed by atoms with Crippen LogP contribution in [-0.4, -0.2) is 45.3 Å². The van der Waals surface area contributed by atoms with Crippen LogP contribution in [0.2, 0.25) is 0 Å². The van der Waals surface area contributed by atoms with Gasteiger partial charge < -0.3 is 20.7 Å². The Morgan fingerprint density at radius 1 is 1.35 bits per heavy atom. The maximum absolute atomic E-state index is 5.89. The second-order valence-electron chi connectivity index (χ2n) is 4.31. The maximum Gasteiger partial charge on any atom is 0.0589 e. The second kappa shape index (κ2) is 7.14. The quantitative estimate of drug-likeness (QED) is 0.707. The van der Waals surface area contributed by atoms with Gasteiger partial charge in [-0.25, -0.2) is 0 Å². The van der Waals surface area contributed by atoms with Crippen LogP contribution in [0.15, 0.2) is 18.2 Å². The van der Waals surface area contributed by atoms with E-state index in [1.54, 1.807) is 7.11 Å². The number of benzene rings is 1. The fourth-order valence-electron chi connectivity index (χ4n) is 1.56. The molecule has 0 spiro atoms. The predicted octanol–water partition coefficient (Wildman–Crippen LogP) is 1.57. The lowest BCUT2D eigenvalue weighted by Crippen LogP contribution is -2.28. The Kier molecular flexibility index (Phi) is 5.80. The number of rotatable bonds is 7. The smallest absolute Gasteiger partial charge is 0.0589 e. The second-order valence-corrected chi connectivity index (χ2v) is 4.31. The Labute approximate surface area is 104 Å². The van der Waals surface area contributed by atoms with Crippen LogP contribution in [0.1, 0.15) is 5.56 Å². The zero-order valence-electron chi connectivity index (χ0n) is 11.0. The van der Waals surface area contributed by atoms with Crippen molar-refractivity contribution in [2.75, 3.05) is 51.4 Å². The number of hydrogen-bond acceptors (Lipinski definition) is 4. The van der Waals surface area contributed by atoms with E-state index >= 15 is 0 Å². The van der Waals surface area contributed by atoms with Gasteiger partial charge in [0.15, 0.2) is 0 Å². The van der Waals surface area contributed by atoms with E-state index in [9.17, 15) is 0 Å². The first-order valence-corrected chi connectivity index (χ1v) is 5.91. The minimum absolute atomic E-state index is 0.767. The highest BCUT2D eigenvalue weighted by Crippen LogP contribution is 2.18. The minimum Gasteiger partial charge on any atom is -0.397 e. The number of nitrogen functional groups attached to an aromatic ring is 1. The number of methoxy groups -OCH3 is 1. The third kappa shape index (κ3) is 5.06. The molecule has 17 heavy (non-hydrogen) atoms. The van der Waals surface area contributed by atoms with Crippen molar-refractivity contribution in [3.63, 3.8) is 0 Å². The molecule has 1 aromatic carbocycles. The van der Waals surface area contributed by atoms with Crippen LogP contribution in [0, 0.1) is 6.92 Å². The first-order chi connectivity index (χ1) is 8.13. The van der Waals surface area contributed by atoms with Gasteiger partial charge in [0.05, 0.1) is 18.0 Å². The molecule has 1 aromatic rings. The number of nitrogens with two attached hydrogens (primary N) is 1. The van der Waals surface area contributed by atoms with Gasteiger partial charge in [-0.2, -0.15) is 0 Å². The third-order valence-corrected chi connectivity index (χ3v) is 2.69. The highest BCUT2D eigenvalue weighted by molar-refractivity contribution is 5.66. The summed E-state index contributed by atoms with van der Waals surface area (Å²) in [4.78, 5) is 2.22. The molecule has 0 aliphatic heterocycles. The number of ether oxygens (including phenoxy) is 1. The van der Waals surface area contributed by atoms with Crippen LogP contribution in [0.25, 0.3) is 0 Å². The Bertz CT molecular complexity index is 341. The molecule has 1 rings (SSSR count). The molecule has 0 aromatic heterocycles. The fraction of sp³-hybridized carbons (Fsp3) is 0.538. The van der Waals surface area contributed by atoms with E-state index in [1.165, 1.54) is 5.56 Å². The minimum atomic E-state index is 0.767. The van der Waals surface area contributed by atoms with Gasteiger partial charge in [0, 0.05) is 26.7 Å². The Balaban J connectivity index is 2.32. The fourth-order valence-corrected chi connectivity index (χ4v) is 1.56. The zero-order chi connectivity index (χ0) is 12.7. The maximum atomic E-state index is 5.89. The molecular formula is C13H23N3O. The normalized spacial score (nSPS) is 10.8. The van der Waals surface area contributed by atoms with Crippen LogP contribution in [0.4, 0.5) is 11.4 Å². The molecule has 96 valence electrons. The average Bonchev–Trinajstić information content (AvgIpc) is 2.31. The molecule has 0 saturated carbocycles. The largest absolute Gasteiger partial charge is 0.397 e. The SMILES string of the molecule is COCCN(C)CCNc1cc(C)ccc1N. The van der Waals surface area contributed by atoms with Gasteiger partial charge in [-0.3, -0.25) is 0 Å². The van der Waals surface area contributed by atoms with E-state index in [1.807, 2.05) is 12.1 Å². The average molecular weight is 237 g/mol. The van der Waals surface area contributed by atoms with Gasteiger partial charge in [-0.15, -0.1) is 0 Å². The Morgan fingerprint density at radius 3 is 2.82 bits per heavy atom. The van der Waals surface area contributed by atoms with Crippen molar-refractivity contribution in [3.05, 3.63) is 23.8 Å². The number of likely N-dealkylation sites (N-methyl/N-ethyl adjacent to an activating group) is 1. The number of nitrogens with one attached hydrogen (secondary N) is 1. The molecule has 0 aliphatic rings. The topological polar surface area (TPSA) is 50.5 Å². The number of anilines is 2. The molecule has 0 fully saturated rings. The summed E-state index contributed by atoms with van der Waals surface area (Å²) in [6, 6.07) is 6.03. The molecule has 0 unspecified atom stereocenters. The highest BCUT2D eigenvalue weighted by atomic mass is 16.5. The van der Waals surface area contributed by atoms with Crippen molar-refractivity contribution in [3.8, 4) is 0 Å². The lowest BCUT2D eigenvalue weighted by Gasteiger charge is -2.17. The van der Waals surface area contributed by atoms with Crippen molar-refractivity contribution < 1.29 is 4.74 Å². The van der Waals surface area contributed by atoms with Crippen molar-refractivity contribution >= 4 is 11.4 Å². The number of aryl methyl sites for hydroxylation is 1. The summed E-state index contributed by atoms with van der Waals surface area (Å²) in [6.07, 6.45) is 0. The zero-order valence-corrected chi connectivity index (χ0v) is 11.0. The van der Waals surface area contributed by atoms with Crippen molar-refractivity contribution in [1.82, 2.24) is 4.90 Å². The lowest BCUT2D eigenvalue weighted by atomic mass is 10.2. The molecule has 0 radical (unpaired) electrons. The van der Waals surface area contributed by atoms with Crippen molar-refractivity contribution in [2.24, 2.45) is 0 Å². The van der Waals surface area contributed by atoms with Crippen LogP contribution < -0.4 is 11.1 Å². The Hall–Kier alpha value is -1.26. The number of hydrogen-bond donors (Lipinski definition) is 2. The van der Waals surface area contributed by atoms with Gasteiger partial charge in [-0.1, -0.05) is 6.07 Å².